The predicted molar refractivity (Wildman–Crippen MR) is 83.2 cm³/mol. The van der Waals surface area contributed by atoms with Crippen molar-refractivity contribution in [2.75, 3.05) is 7.11 Å². The Morgan fingerprint density at radius 2 is 1.88 bits per heavy atom. The first-order chi connectivity index (χ1) is 11.4. The van der Waals surface area contributed by atoms with E-state index >= 15 is 0 Å². The molecule has 0 spiro atoms. The molecule has 0 aromatic heterocycles. The van der Waals surface area contributed by atoms with Crippen LogP contribution in [0.3, 0.4) is 0 Å². The summed E-state index contributed by atoms with van der Waals surface area (Å²) < 4.78 is 18.0. The zero-order valence-electron chi connectivity index (χ0n) is 13.5. The monoisotopic (exact) mass is 331 g/mol. The highest BCUT2D eigenvalue weighted by Crippen LogP contribution is 2.42. The number of rotatable bonds is 2. The number of hydrogen-bond acceptors (Lipinski definition) is 4. The van der Waals surface area contributed by atoms with Gasteiger partial charge in [-0.3, -0.25) is 14.4 Å². The molecular formula is C18H18FNO4. The van der Waals surface area contributed by atoms with E-state index in [9.17, 15) is 18.8 Å². The van der Waals surface area contributed by atoms with Gasteiger partial charge in [-0.05, 0) is 30.0 Å². The van der Waals surface area contributed by atoms with Gasteiger partial charge in [0.25, 0.3) is 0 Å². The van der Waals surface area contributed by atoms with Gasteiger partial charge in [0.2, 0.25) is 5.91 Å². The number of benzene rings is 1. The number of methoxy groups -OCH3 is 1. The zero-order chi connectivity index (χ0) is 17.4. The molecule has 2 aliphatic rings. The SMILES string of the molecule is COC(=O)[C@@H]1C(=O)C2=C(C[C@H]1C)NC(=O)C[C@@H]2c1ccc(F)cc1. The standard InChI is InChI=1S/C18H18FNO4/c1-9-7-13-16(17(22)15(9)18(23)24-2)12(8-14(21)20-13)10-3-5-11(19)6-4-10/h3-6,9,12,15H,7-8H2,1-2H3,(H,20,21)/t9-,12-,15+/m1/s1. The van der Waals surface area contributed by atoms with Gasteiger partial charge >= 0.3 is 5.97 Å². The van der Waals surface area contributed by atoms with Gasteiger partial charge in [-0.2, -0.15) is 0 Å². The Bertz CT molecular complexity index is 738. The molecule has 5 nitrogen and oxygen atoms in total. The lowest BCUT2D eigenvalue weighted by molar-refractivity contribution is -0.151. The molecule has 0 bridgehead atoms. The van der Waals surface area contributed by atoms with E-state index in [-0.39, 0.29) is 29.8 Å². The minimum atomic E-state index is -0.869. The van der Waals surface area contributed by atoms with Crippen molar-refractivity contribution in [2.24, 2.45) is 11.8 Å². The number of ketones is 1. The van der Waals surface area contributed by atoms with Crippen molar-refractivity contribution in [2.45, 2.75) is 25.7 Å². The van der Waals surface area contributed by atoms with Crippen LogP contribution in [0.4, 0.5) is 4.39 Å². The second-order valence-electron chi connectivity index (χ2n) is 6.30. The van der Waals surface area contributed by atoms with Crippen molar-refractivity contribution in [3.8, 4) is 0 Å². The average molecular weight is 331 g/mol. The van der Waals surface area contributed by atoms with Crippen molar-refractivity contribution in [1.82, 2.24) is 5.32 Å². The van der Waals surface area contributed by atoms with E-state index < -0.39 is 17.8 Å². The molecule has 24 heavy (non-hydrogen) atoms. The van der Waals surface area contributed by atoms with Crippen LogP contribution in [-0.2, 0) is 19.1 Å². The van der Waals surface area contributed by atoms with E-state index in [0.29, 0.717) is 23.3 Å². The highest BCUT2D eigenvalue weighted by molar-refractivity contribution is 6.11. The average Bonchev–Trinajstić information content (AvgIpc) is 2.54. The number of esters is 1. The van der Waals surface area contributed by atoms with Crippen molar-refractivity contribution >= 4 is 17.7 Å². The first-order valence-corrected chi connectivity index (χ1v) is 7.82. The maximum absolute atomic E-state index is 13.2. The van der Waals surface area contributed by atoms with Crippen LogP contribution in [0.2, 0.25) is 0 Å². The molecule has 6 heteroatoms. The summed E-state index contributed by atoms with van der Waals surface area (Å²) in [6.07, 6.45) is 0.517. The van der Waals surface area contributed by atoms with Crippen LogP contribution >= 0.6 is 0 Å². The lowest BCUT2D eigenvalue weighted by Gasteiger charge is -2.36. The van der Waals surface area contributed by atoms with E-state index in [2.05, 4.69) is 5.32 Å². The van der Waals surface area contributed by atoms with Crippen molar-refractivity contribution in [3.63, 3.8) is 0 Å². The highest BCUT2D eigenvalue weighted by Gasteiger charge is 2.45. The molecule has 3 rings (SSSR count). The topological polar surface area (TPSA) is 72.5 Å². The molecule has 0 unspecified atom stereocenters. The number of amides is 1. The fourth-order valence-electron chi connectivity index (χ4n) is 3.58. The number of carbonyl (C=O) groups is 3. The summed E-state index contributed by atoms with van der Waals surface area (Å²) in [7, 11) is 1.26. The normalized spacial score (nSPS) is 26.7. The minimum Gasteiger partial charge on any atom is -0.468 e. The van der Waals surface area contributed by atoms with Crippen LogP contribution in [-0.4, -0.2) is 24.8 Å². The van der Waals surface area contributed by atoms with Crippen LogP contribution in [0.5, 0.6) is 0 Å². The summed E-state index contributed by atoms with van der Waals surface area (Å²) in [5.74, 6) is -3.04. The summed E-state index contributed by atoms with van der Waals surface area (Å²) >= 11 is 0. The van der Waals surface area contributed by atoms with Gasteiger partial charge in [0.05, 0.1) is 7.11 Å². The van der Waals surface area contributed by atoms with Crippen LogP contribution in [0, 0.1) is 17.7 Å². The van der Waals surface area contributed by atoms with E-state index in [1.54, 1.807) is 19.1 Å². The summed E-state index contributed by atoms with van der Waals surface area (Å²) in [6.45, 7) is 1.79. The van der Waals surface area contributed by atoms with Gasteiger partial charge in [-0.15, -0.1) is 0 Å². The smallest absolute Gasteiger partial charge is 0.316 e. The van der Waals surface area contributed by atoms with E-state index in [4.69, 9.17) is 4.74 Å². The summed E-state index contributed by atoms with van der Waals surface area (Å²) in [5.41, 5.74) is 1.69. The zero-order valence-corrected chi connectivity index (χ0v) is 13.5. The van der Waals surface area contributed by atoms with Crippen LogP contribution in [0.25, 0.3) is 0 Å². The molecule has 3 atom stereocenters. The number of allylic oxidation sites excluding steroid dienone is 2. The van der Waals surface area contributed by atoms with Crippen LogP contribution in [0.1, 0.15) is 31.2 Å². The van der Waals surface area contributed by atoms with Gasteiger partial charge in [0.15, 0.2) is 5.78 Å². The maximum atomic E-state index is 13.2. The molecular weight excluding hydrogens is 313 g/mol. The minimum absolute atomic E-state index is 0.0957. The molecule has 1 aliphatic carbocycles. The molecule has 1 aromatic rings. The van der Waals surface area contributed by atoms with Gasteiger partial charge in [-0.25, -0.2) is 4.39 Å². The molecule has 0 saturated heterocycles. The lowest BCUT2D eigenvalue weighted by Crippen LogP contribution is -2.44. The quantitative estimate of drug-likeness (QED) is 0.665. The molecule has 126 valence electrons. The predicted octanol–water partition coefficient (Wildman–Crippen LogP) is 2.08. The third-order valence-electron chi connectivity index (χ3n) is 4.72. The third kappa shape index (κ3) is 2.72. The Hall–Kier alpha value is -2.50. The van der Waals surface area contributed by atoms with E-state index in [0.717, 1.165) is 0 Å². The Morgan fingerprint density at radius 1 is 1.21 bits per heavy atom. The lowest BCUT2D eigenvalue weighted by atomic mass is 9.70. The Morgan fingerprint density at radius 3 is 2.50 bits per heavy atom. The van der Waals surface area contributed by atoms with E-state index in [1.165, 1.54) is 19.2 Å². The molecule has 1 heterocycles. The Kier molecular flexibility index (Phi) is 4.22. The number of nitrogens with one attached hydrogen (secondary N) is 1. The molecule has 1 amide bonds. The van der Waals surface area contributed by atoms with Crippen molar-refractivity contribution in [3.05, 3.63) is 46.9 Å². The third-order valence-corrected chi connectivity index (χ3v) is 4.72. The number of halogens is 1. The molecule has 0 saturated carbocycles. The number of hydrogen-bond donors (Lipinski definition) is 1. The second-order valence-corrected chi connectivity index (χ2v) is 6.30. The molecule has 1 aromatic carbocycles. The van der Waals surface area contributed by atoms with Crippen molar-refractivity contribution < 1.29 is 23.5 Å². The molecule has 1 N–H and O–H groups in total. The Labute approximate surface area is 138 Å². The first kappa shape index (κ1) is 16.4. The van der Waals surface area contributed by atoms with Crippen LogP contribution < -0.4 is 5.32 Å². The van der Waals surface area contributed by atoms with Crippen LogP contribution in [0.15, 0.2) is 35.5 Å². The van der Waals surface area contributed by atoms with E-state index in [1.807, 2.05) is 0 Å². The number of carbonyl (C=O) groups excluding carboxylic acids is 3. The second kappa shape index (κ2) is 6.19. The maximum Gasteiger partial charge on any atom is 0.316 e. The molecule has 0 radical (unpaired) electrons. The fourth-order valence-corrected chi connectivity index (χ4v) is 3.58. The van der Waals surface area contributed by atoms with Crippen molar-refractivity contribution in [1.29, 1.82) is 0 Å². The summed E-state index contributed by atoms with van der Waals surface area (Å²) in [5, 5.41) is 2.76. The fraction of sp³-hybridized carbons (Fsp3) is 0.389. The first-order valence-electron chi connectivity index (χ1n) is 7.82. The largest absolute Gasteiger partial charge is 0.468 e. The molecule has 0 fully saturated rings. The number of ether oxygens (including phenoxy) is 1. The van der Waals surface area contributed by atoms with Gasteiger partial charge < -0.3 is 10.1 Å². The van der Waals surface area contributed by atoms with Gasteiger partial charge in [0.1, 0.15) is 11.7 Å². The summed E-state index contributed by atoms with van der Waals surface area (Å²) in [6, 6.07) is 5.74. The highest BCUT2D eigenvalue weighted by atomic mass is 19.1. The molecule has 1 aliphatic heterocycles. The van der Waals surface area contributed by atoms with Gasteiger partial charge in [-0.1, -0.05) is 19.1 Å². The van der Waals surface area contributed by atoms with Gasteiger partial charge in [0, 0.05) is 23.6 Å². The Balaban J connectivity index is 2.06. The summed E-state index contributed by atoms with van der Waals surface area (Å²) in [4.78, 5) is 37.0. The number of Topliss-reactive ketones (excluding diaryl/α,β-unsaturated/α-hetero) is 1.